The molecule has 1 aliphatic rings. The Hall–Kier alpha value is -1.74. The number of aromatic nitrogens is 1. The number of aliphatic hydroxyl groups is 1. The lowest BCUT2D eigenvalue weighted by molar-refractivity contribution is 0.123. The van der Waals surface area contributed by atoms with Gasteiger partial charge in [-0.25, -0.2) is 4.39 Å². The van der Waals surface area contributed by atoms with Crippen LogP contribution in [0.15, 0.2) is 42.7 Å². The summed E-state index contributed by atoms with van der Waals surface area (Å²) in [5.41, 5.74) is 3.04. The zero-order valence-corrected chi connectivity index (χ0v) is 9.88. The summed E-state index contributed by atoms with van der Waals surface area (Å²) in [4.78, 5) is 3.84. The Morgan fingerprint density at radius 2 is 2.11 bits per heavy atom. The van der Waals surface area contributed by atoms with E-state index >= 15 is 0 Å². The Labute approximate surface area is 105 Å². The van der Waals surface area contributed by atoms with Gasteiger partial charge in [-0.05, 0) is 41.5 Å². The molecule has 1 heterocycles. The van der Waals surface area contributed by atoms with Crippen LogP contribution in [0.4, 0.5) is 4.39 Å². The average molecular weight is 243 g/mol. The summed E-state index contributed by atoms with van der Waals surface area (Å²) in [6.07, 6.45) is 3.90. The maximum absolute atomic E-state index is 13.1. The molecule has 0 fully saturated rings. The highest BCUT2D eigenvalue weighted by molar-refractivity contribution is 5.35. The van der Waals surface area contributed by atoms with Gasteiger partial charge in [-0.1, -0.05) is 24.3 Å². The van der Waals surface area contributed by atoms with Crippen molar-refractivity contribution in [2.24, 2.45) is 5.92 Å². The van der Waals surface area contributed by atoms with Crippen molar-refractivity contribution in [2.45, 2.75) is 18.9 Å². The molecule has 1 aliphatic carbocycles. The van der Waals surface area contributed by atoms with Crippen molar-refractivity contribution in [3.63, 3.8) is 0 Å². The van der Waals surface area contributed by atoms with Gasteiger partial charge in [0.05, 0.1) is 12.3 Å². The third-order valence-electron chi connectivity index (χ3n) is 3.56. The van der Waals surface area contributed by atoms with Crippen LogP contribution in [0.1, 0.15) is 22.8 Å². The summed E-state index contributed by atoms with van der Waals surface area (Å²) in [7, 11) is 0. The van der Waals surface area contributed by atoms with E-state index in [0.29, 0.717) is 6.42 Å². The van der Waals surface area contributed by atoms with Gasteiger partial charge in [0, 0.05) is 6.20 Å². The standard InChI is InChI=1S/C15H14FNO/c16-13-6-10(8-17-9-13)5-12-7-11-3-1-2-4-14(11)15(12)18/h1-4,6,8-9,12,15,18H,5,7H2. The molecule has 0 saturated carbocycles. The van der Waals surface area contributed by atoms with Gasteiger partial charge < -0.3 is 5.11 Å². The second-order valence-corrected chi connectivity index (χ2v) is 4.82. The van der Waals surface area contributed by atoms with Crippen molar-refractivity contribution in [1.29, 1.82) is 0 Å². The van der Waals surface area contributed by atoms with Crippen molar-refractivity contribution in [3.05, 3.63) is 65.2 Å². The molecule has 0 radical (unpaired) electrons. The molecule has 0 bridgehead atoms. The Bertz CT molecular complexity index is 570. The highest BCUT2D eigenvalue weighted by Gasteiger charge is 2.30. The first-order chi connectivity index (χ1) is 8.74. The van der Waals surface area contributed by atoms with Crippen LogP contribution < -0.4 is 0 Å². The molecule has 3 heteroatoms. The quantitative estimate of drug-likeness (QED) is 0.879. The summed E-state index contributed by atoms with van der Waals surface area (Å²) in [5, 5.41) is 10.3. The number of pyridine rings is 1. The molecular weight excluding hydrogens is 229 g/mol. The molecule has 1 aromatic heterocycles. The van der Waals surface area contributed by atoms with Gasteiger partial charge in [0.25, 0.3) is 0 Å². The highest BCUT2D eigenvalue weighted by atomic mass is 19.1. The van der Waals surface area contributed by atoms with Crippen LogP contribution in [0.5, 0.6) is 0 Å². The lowest BCUT2D eigenvalue weighted by Crippen LogP contribution is -2.10. The van der Waals surface area contributed by atoms with E-state index in [0.717, 1.165) is 17.5 Å². The second kappa shape index (κ2) is 4.50. The van der Waals surface area contributed by atoms with Crippen LogP contribution in [0.25, 0.3) is 0 Å². The Balaban J connectivity index is 1.81. The normalized spacial score (nSPS) is 21.9. The number of hydrogen-bond acceptors (Lipinski definition) is 2. The number of nitrogens with zero attached hydrogens (tertiary/aromatic N) is 1. The number of benzene rings is 1. The van der Waals surface area contributed by atoms with E-state index in [4.69, 9.17) is 0 Å². The molecule has 2 aromatic rings. The van der Waals surface area contributed by atoms with Gasteiger partial charge in [-0.3, -0.25) is 4.98 Å². The SMILES string of the molecule is OC1c2ccccc2CC1Cc1cncc(F)c1. The molecule has 0 aliphatic heterocycles. The predicted octanol–water partition coefficient (Wildman–Crippen LogP) is 2.67. The molecule has 1 N–H and O–H groups in total. The molecule has 1 aromatic carbocycles. The lowest BCUT2D eigenvalue weighted by Gasteiger charge is -2.14. The van der Waals surface area contributed by atoms with E-state index in [1.165, 1.54) is 17.8 Å². The van der Waals surface area contributed by atoms with Gasteiger partial charge in [0.15, 0.2) is 0 Å². The van der Waals surface area contributed by atoms with E-state index in [-0.39, 0.29) is 11.7 Å². The third-order valence-corrected chi connectivity index (χ3v) is 3.56. The minimum atomic E-state index is -0.454. The first-order valence-electron chi connectivity index (χ1n) is 6.09. The molecule has 92 valence electrons. The van der Waals surface area contributed by atoms with E-state index in [9.17, 15) is 9.50 Å². The Kier molecular flexibility index (Phi) is 2.84. The summed E-state index contributed by atoms with van der Waals surface area (Å²) >= 11 is 0. The topological polar surface area (TPSA) is 33.1 Å². The van der Waals surface area contributed by atoms with E-state index in [2.05, 4.69) is 4.98 Å². The molecule has 2 atom stereocenters. The fourth-order valence-electron chi connectivity index (χ4n) is 2.71. The molecule has 0 spiro atoms. The monoisotopic (exact) mass is 243 g/mol. The summed E-state index contributed by atoms with van der Waals surface area (Å²) < 4.78 is 13.1. The van der Waals surface area contributed by atoms with Gasteiger partial charge in [-0.15, -0.1) is 0 Å². The van der Waals surface area contributed by atoms with Gasteiger partial charge in [0.2, 0.25) is 0 Å². The number of rotatable bonds is 2. The number of hydrogen-bond donors (Lipinski definition) is 1. The van der Waals surface area contributed by atoms with Crippen LogP contribution in [-0.4, -0.2) is 10.1 Å². The zero-order chi connectivity index (χ0) is 12.5. The smallest absolute Gasteiger partial charge is 0.141 e. The molecule has 0 amide bonds. The summed E-state index contributed by atoms with van der Waals surface area (Å²) in [6.45, 7) is 0. The molecule has 2 unspecified atom stereocenters. The fraction of sp³-hybridized carbons (Fsp3) is 0.267. The van der Waals surface area contributed by atoms with Gasteiger partial charge >= 0.3 is 0 Å². The van der Waals surface area contributed by atoms with Crippen LogP contribution >= 0.6 is 0 Å². The van der Waals surface area contributed by atoms with Gasteiger partial charge in [-0.2, -0.15) is 0 Å². The van der Waals surface area contributed by atoms with Crippen LogP contribution in [0.3, 0.4) is 0 Å². The highest BCUT2D eigenvalue weighted by Crippen LogP contribution is 2.37. The van der Waals surface area contributed by atoms with Crippen LogP contribution in [-0.2, 0) is 12.8 Å². The van der Waals surface area contributed by atoms with Crippen LogP contribution in [0, 0.1) is 11.7 Å². The summed E-state index contributed by atoms with van der Waals surface area (Å²) in [6, 6.07) is 9.42. The molecular formula is C15H14FNO. The molecule has 0 saturated heterocycles. The van der Waals surface area contributed by atoms with E-state index in [1.807, 2.05) is 24.3 Å². The maximum Gasteiger partial charge on any atom is 0.141 e. The minimum Gasteiger partial charge on any atom is -0.388 e. The first kappa shape index (κ1) is 11.4. The zero-order valence-electron chi connectivity index (χ0n) is 9.88. The summed E-state index contributed by atoms with van der Waals surface area (Å²) in [5.74, 6) is -0.205. The van der Waals surface area contributed by atoms with Gasteiger partial charge in [0.1, 0.15) is 5.82 Å². The predicted molar refractivity (Wildman–Crippen MR) is 66.5 cm³/mol. The maximum atomic E-state index is 13.1. The Morgan fingerprint density at radius 3 is 2.89 bits per heavy atom. The lowest BCUT2D eigenvalue weighted by atomic mass is 9.95. The van der Waals surface area contributed by atoms with Crippen molar-refractivity contribution >= 4 is 0 Å². The molecule has 2 nitrogen and oxygen atoms in total. The first-order valence-corrected chi connectivity index (χ1v) is 6.09. The molecule has 18 heavy (non-hydrogen) atoms. The van der Waals surface area contributed by atoms with Crippen molar-refractivity contribution in [1.82, 2.24) is 4.98 Å². The number of halogens is 1. The number of fused-ring (bicyclic) bond motifs is 1. The molecule has 3 rings (SSSR count). The van der Waals surface area contributed by atoms with E-state index in [1.54, 1.807) is 6.20 Å². The van der Waals surface area contributed by atoms with E-state index < -0.39 is 6.10 Å². The number of aliphatic hydroxyl groups excluding tert-OH is 1. The Morgan fingerprint density at radius 1 is 1.28 bits per heavy atom. The van der Waals surface area contributed by atoms with Crippen molar-refractivity contribution in [2.75, 3.05) is 0 Å². The van der Waals surface area contributed by atoms with Crippen molar-refractivity contribution < 1.29 is 9.50 Å². The minimum absolute atomic E-state index is 0.117. The largest absolute Gasteiger partial charge is 0.388 e. The third kappa shape index (κ3) is 2.02. The average Bonchev–Trinajstić information content (AvgIpc) is 2.67. The second-order valence-electron chi connectivity index (χ2n) is 4.82. The fourth-order valence-corrected chi connectivity index (χ4v) is 2.71. The van der Waals surface area contributed by atoms with Crippen molar-refractivity contribution in [3.8, 4) is 0 Å². The van der Waals surface area contributed by atoms with Crippen LogP contribution in [0.2, 0.25) is 0 Å².